The highest BCUT2D eigenvalue weighted by molar-refractivity contribution is 8.18. The first-order chi connectivity index (χ1) is 22.1. The molecule has 0 saturated carbocycles. The molecule has 9 nitrogen and oxygen atoms in total. The minimum absolute atomic E-state index is 0.0574. The van der Waals surface area contributed by atoms with Crippen LogP contribution in [-0.4, -0.2) is 76.3 Å². The van der Waals surface area contributed by atoms with Crippen LogP contribution in [0, 0.1) is 0 Å². The Kier molecular flexibility index (Phi) is 8.15. The second-order valence-electron chi connectivity index (χ2n) is 11.0. The van der Waals surface area contributed by atoms with Gasteiger partial charge in [-0.25, -0.2) is 4.99 Å². The summed E-state index contributed by atoms with van der Waals surface area (Å²) in [5, 5.41) is 2.77. The standard InChI is InChI=1S/C35H33N5O4S/c1-43-27-12-10-26(11-13-27)37-35-40(15-14-24-21-36-30-8-4-2-6-28(24)30)34(42)32(45-35)20-25-22-39(31-9-5-3-7-29(25)31)23-33(41)38-16-18-44-19-17-38/h2-13,20-22,36H,14-19,23H2,1H3/b32-20-,37-35?. The largest absolute Gasteiger partial charge is 0.497 e. The van der Waals surface area contributed by atoms with Gasteiger partial charge in [-0.3, -0.25) is 14.5 Å². The molecule has 4 heterocycles. The number of methoxy groups -OCH3 is 1. The Labute approximate surface area is 265 Å². The van der Waals surface area contributed by atoms with Crippen molar-refractivity contribution in [3.63, 3.8) is 0 Å². The van der Waals surface area contributed by atoms with Crippen LogP contribution in [0.2, 0.25) is 0 Å². The Bertz CT molecular complexity index is 1930. The van der Waals surface area contributed by atoms with E-state index >= 15 is 0 Å². The van der Waals surface area contributed by atoms with Crippen molar-refractivity contribution >= 4 is 62.3 Å². The number of morpholine rings is 1. The molecular formula is C35H33N5O4S. The van der Waals surface area contributed by atoms with Gasteiger partial charge in [-0.1, -0.05) is 36.4 Å². The summed E-state index contributed by atoms with van der Waals surface area (Å²) in [6, 6.07) is 23.7. The maximum absolute atomic E-state index is 14.0. The molecule has 2 amide bonds. The third-order valence-electron chi connectivity index (χ3n) is 8.24. The summed E-state index contributed by atoms with van der Waals surface area (Å²) in [5.41, 5.74) is 4.80. The van der Waals surface area contributed by atoms with Gasteiger partial charge in [-0.05, 0) is 66.2 Å². The second kappa shape index (κ2) is 12.7. The van der Waals surface area contributed by atoms with Crippen LogP contribution in [0.1, 0.15) is 11.1 Å². The number of amidine groups is 1. The van der Waals surface area contributed by atoms with Gasteiger partial charge in [0.1, 0.15) is 12.3 Å². The molecule has 228 valence electrons. The summed E-state index contributed by atoms with van der Waals surface area (Å²) >= 11 is 1.37. The number of hydrogen-bond donors (Lipinski definition) is 1. The lowest BCUT2D eigenvalue weighted by Gasteiger charge is -2.27. The SMILES string of the molecule is COc1ccc(N=C2S/C(=C\c3cn(CC(=O)N4CCOCC4)c4ccccc34)C(=O)N2CCc2c[nH]c3ccccc23)cc1. The summed E-state index contributed by atoms with van der Waals surface area (Å²) in [7, 11) is 1.63. The first kappa shape index (κ1) is 28.9. The lowest BCUT2D eigenvalue weighted by Crippen LogP contribution is -2.42. The van der Waals surface area contributed by atoms with E-state index in [-0.39, 0.29) is 18.4 Å². The van der Waals surface area contributed by atoms with Gasteiger partial charge in [-0.2, -0.15) is 0 Å². The number of amides is 2. The molecule has 2 saturated heterocycles. The van der Waals surface area contributed by atoms with Gasteiger partial charge < -0.3 is 23.9 Å². The number of carbonyl (C=O) groups excluding carboxylic acids is 2. The molecule has 0 atom stereocenters. The molecule has 3 aromatic carbocycles. The Hall–Kier alpha value is -4.80. The van der Waals surface area contributed by atoms with Crippen molar-refractivity contribution in [3.8, 4) is 5.75 Å². The maximum Gasteiger partial charge on any atom is 0.266 e. The first-order valence-corrected chi connectivity index (χ1v) is 15.8. The zero-order chi connectivity index (χ0) is 30.8. The summed E-state index contributed by atoms with van der Waals surface area (Å²) in [5.74, 6) is 0.713. The Morgan fingerprint density at radius 2 is 1.78 bits per heavy atom. The van der Waals surface area contributed by atoms with Crippen LogP contribution in [0.5, 0.6) is 5.75 Å². The summed E-state index contributed by atoms with van der Waals surface area (Å²) in [4.78, 5) is 39.6. The van der Waals surface area contributed by atoms with Crippen molar-refractivity contribution in [1.29, 1.82) is 0 Å². The number of benzene rings is 3. The monoisotopic (exact) mass is 619 g/mol. The molecule has 2 aromatic heterocycles. The molecule has 10 heteroatoms. The smallest absolute Gasteiger partial charge is 0.266 e. The van der Waals surface area contributed by atoms with Crippen LogP contribution < -0.4 is 4.74 Å². The van der Waals surface area contributed by atoms with Gasteiger partial charge in [0.2, 0.25) is 5.91 Å². The lowest BCUT2D eigenvalue weighted by atomic mass is 10.1. The molecule has 0 aliphatic carbocycles. The van der Waals surface area contributed by atoms with E-state index in [0.717, 1.165) is 44.4 Å². The minimum Gasteiger partial charge on any atom is -0.497 e. The van der Waals surface area contributed by atoms with Crippen molar-refractivity contribution in [1.82, 2.24) is 19.4 Å². The molecule has 7 rings (SSSR count). The molecule has 0 unspecified atom stereocenters. The Balaban J connectivity index is 1.20. The first-order valence-electron chi connectivity index (χ1n) is 15.0. The zero-order valence-electron chi connectivity index (χ0n) is 24.9. The van der Waals surface area contributed by atoms with Gasteiger partial charge in [0.25, 0.3) is 5.91 Å². The fourth-order valence-corrected chi connectivity index (χ4v) is 6.86. The molecule has 0 bridgehead atoms. The van der Waals surface area contributed by atoms with E-state index in [4.69, 9.17) is 14.5 Å². The van der Waals surface area contributed by atoms with E-state index in [1.165, 1.54) is 11.8 Å². The van der Waals surface area contributed by atoms with Crippen molar-refractivity contribution in [3.05, 3.63) is 101 Å². The number of hydrogen-bond acceptors (Lipinski definition) is 6. The van der Waals surface area contributed by atoms with Gasteiger partial charge >= 0.3 is 0 Å². The van der Waals surface area contributed by atoms with Crippen LogP contribution in [0.25, 0.3) is 27.9 Å². The van der Waals surface area contributed by atoms with Crippen LogP contribution >= 0.6 is 11.8 Å². The number of fused-ring (bicyclic) bond motifs is 2. The number of H-pyrrole nitrogens is 1. The molecule has 2 fully saturated rings. The number of aromatic amines is 1. The number of carbonyl (C=O) groups is 2. The molecule has 45 heavy (non-hydrogen) atoms. The summed E-state index contributed by atoms with van der Waals surface area (Å²) < 4.78 is 12.7. The van der Waals surface area contributed by atoms with E-state index in [1.807, 2.05) is 88.6 Å². The van der Waals surface area contributed by atoms with Crippen LogP contribution in [-0.2, 0) is 27.3 Å². The second-order valence-corrected chi connectivity index (χ2v) is 12.0. The third kappa shape index (κ3) is 5.99. The van der Waals surface area contributed by atoms with E-state index in [2.05, 4.69) is 17.1 Å². The van der Waals surface area contributed by atoms with Gasteiger partial charge in [0.15, 0.2) is 5.17 Å². The fourth-order valence-electron chi connectivity index (χ4n) is 5.85. The highest BCUT2D eigenvalue weighted by Gasteiger charge is 2.33. The van der Waals surface area contributed by atoms with Gasteiger partial charge in [0, 0.05) is 59.4 Å². The van der Waals surface area contributed by atoms with Crippen LogP contribution in [0.15, 0.2) is 95.1 Å². The van der Waals surface area contributed by atoms with Crippen molar-refractivity contribution in [2.45, 2.75) is 13.0 Å². The van der Waals surface area contributed by atoms with E-state index in [1.54, 1.807) is 12.0 Å². The number of thioether (sulfide) groups is 1. The number of para-hydroxylation sites is 2. The molecule has 0 radical (unpaired) electrons. The van der Waals surface area contributed by atoms with E-state index in [0.29, 0.717) is 49.3 Å². The molecular weight excluding hydrogens is 586 g/mol. The average molecular weight is 620 g/mol. The Morgan fingerprint density at radius 3 is 2.58 bits per heavy atom. The highest BCUT2D eigenvalue weighted by Crippen LogP contribution is 2.36. The van der Waals surface area contributed by atoms with E-state index in [9.17, 15) is 9.59 Å². The zero-order valence-corrected chi connectivity index (χ0v) is 25.8. The fraction of sp³-hybridized carbons (Fsp3) is 0.229. The summed E-state index contributed by atoms with van der Waals surface area (Å²) in [6.45, 7) is 3.04. The Morgan fingerprint density at radius 1 is 1.02 bits per heavy atom. The van der Waals surface area contributed by atoms with Gasteiger partial charge in [-0.15, -0.1) is 0 Å². The number of aliphatic imine (C=N–C) groups is 1. The average Bonchev–Trinajstić information content (AvgIpc) is 3.74. The lowest BCUT2D eigenvalue weighted by molar-refractivity contribution is -0.135. The maximum atomic E-state index is 14.0. The molecule has 5 aromatic rings. The van der Waals surface area contributed by atoms with Crippen LogP contribution in [0.3, 0.4) is 0 Å². The third-order valence-corrected chi connectivity index (χ3v) is 9.25. The van der Waals surface area contributed by atoms with Crippen LogP contribution in [0.4, 0.5) is 5.69 Å². The van der Waals surface area contributed by atoms with Crippen molar-refractivity contribution in [2.24, 2.45) is 4.99 Å². The topological polar surface area (TPSA) is 92.2 Å². The molecule has 2 aliphatic heterocycles. The van der Waals surface area contributed by atoms with E-state index < -0.39 is 0 Å². The molecule has 1 N–H and O–H groups in total. The minimum atomic E-state index is -0.0895. The number of nitrogens with zero attached hydrogens (tertiary/aromatic N) is 4. The number of rotatable bonds is 8. The number of ether oxygens (including phenoxy) is 2. The quantitative estimate of drug-likeness (QED) is 0.221. The predicted octanol–water partition coefficient (Wildman–Crippen LogP) is 5.84. The number of aromatic nitrogens is 2. The summed E-state index contributed by atoms with van der Waals surface area (Å²) in [6.07, 6.45) is 6.59. The van der Waals surface area contributed by atoms with Gasteiger partial charge in [0.05, 0.1) is 30.9 Å². The predicted molar refractivity (Wildman–Crippen MR) is 179 cm³/mol. The normalized spacial score (nSPS) is 17.3. The van der Waals surface area contributed by atoms with Crippen molar-refractivity contribution in [2.75, 3.05) is 40.0 Å². The molecule has 0 spiro atoms. The number of nitrogens with one attached hydrogen (secondary N) is 1. The highest BCUT2D eigenvalue weighted by atomic mass is 32.2. The molecule has 2 aliphatic rings. The van der Waals surface area contributed by atoms with Crippen molar-refractivity contribution < 1.29 is 19.1 Å².